The predicted octanol–water partition coefficient (Wildman–Crippen LogP) is 4.37. The molecule has 0 atom stereocenters. The van der Waals surface area contributed by atoms with Crippen LogP contribution in [0.1, 0.15) is 4.88 Å². The Labute approximate surface area is 159 Å². The number of carbonyl (C=O) groups excluding carboxylic acids is 1. The van der Waals surface area contributed by atoms with E-state index in [0.717, 1.165) is 38.3 Å². The molecule has 1 amide bonds. The monoisotopic (exact) mass is 389 g/mol. The van der Waals surface area contributed by atoms with Gasteiger partial charge < -0.3 is 9.80 Å². The number of fused-ring (bicyclic) bond motifs is 1. The molecule has 4 rings (SSSR count). The topological polar surface area (TPSA) is 36.4 Å². The average Bonchev–Trinajstić information content (AvgIpc) is 3.29. The minimum absolute atomic E-state index is 0.0733. The van der Waals surface area contributed by atoms with Crippen molar-refractivity contribution in [3.05, 3.63) is 51.7 Å². The van der Waals surface area contributed by atoms with E-state index in [1.165, 1.54) is 0 Å². The van der Waals surface area contributed by atoms with Gasteiger partial charge in [0.05, 0.1) is 10.2 Å². The van der Waals surface area contributed by atoms with Gasteiger partial charge in [-0.15, -0.1) is 11.3 Å². The number of anilines is 1. The second-order valence-corrected chi connectivity index (χ2v) is 8.19. The molecule has 1 aromatic carbocycles. The Morgan fingerprint density at radius 3 is 2.80 bits per heavy atom. The van der Waals surface area contributed by atoms with Crippen LogP contribution in [0.5, 0.6) is 0 Å². The van der Waals surface area contributed by atoms with E-state index in [9.17, 15) is 4.79 Å². The molecule has 0 unspecified atom stereocenters. The fourth-order valence-electron chi connectivity index (χ4n) is 2.78. The van der Waals surface area contributed by atoms with Crippen molar-refractivity contribution < 1.29 is 4.79 Å². The summed E-state index contributed by atoms with van der Waals surface area (Å²) in [7, 11) is 0. The molecule has 4 nitrogen and oxygen atoms in total. The van der Waals surface area contributed by atoms with E-state index >= 15 is 0 Å². The Balaban J connectivity index is 1.39. The molecule has 0 N–H and O–H groups in total. The average molecular weight is 390 g/mol. The first-order valence-electron chi connectivity index (χ1n) is 8.00. The fraction of sp³-hybridized carbons (Fsp3) is 0.222. The second kappa shape index (κ2) is 7.15. The molecular weight excluding hydrogens is 374 g/mol. The van der Waals surface area contributed by atoms with Gasteiger partial charge >= 0.3 is 0 Å². The Bertz CT molecular complexity index is 912. The van der Waals surface area contributed by atoms with Gasteiger partial charge in [0.15, 0.2) is 5.13 Å². The second-order valence-electron chi connectivity index (χ2n) is 5.77. The Morgan fingerprint density at radius 1 is 1.20 bits per heavy atom. The van der Waals surface area contributed by atoms with Gasteiger partial charge in [0.25, 0.3) is 0 Å². The molecule has 0 aliphatic carbocycles. The van der Waals surface area contributed by atoms with Gasteiger partial charge in [0.1, 0.15) is 0 Å². The van der Waals surface area contributed by atoms with E-state index in [1.54, 1.807) is 28.7 Å². The number of rotatable bonds is 3. The zero-order valence-corrected chi connectivity index (χ0v) is 15.8. The molecule has 3 aromatic rings. The van der Waals surface area contributed by atoms with Crippen molar-refractivity contribution in [1.82, 2.24) is 9.88 Å². The van der Waals surface area contributed by atoms with Gasteiger partial charge in [-0.3, -0.25) is 4.79 Å². The maximum absolute atomic E-state index is 12.3. The van der Waals surface area contributed by atoms with E-state index < -0.39 is 0 Å². The van der Waals surface area contributed by atoms with E-state index in [1.807, 2.05) is 46.7 Å². The molecule has 0 bridgehead atoms. The number of aromatic nitrogens is 1. The van der Waals surface area contributed by atoms with Crippen LogP contribution < -0.4 is 4.90 Å². The van der Waals surface area contributed by atoms with Crippen molar-refractivity contribution in [1.29, 1.82) is 0 Å². The highest BCUT2D eigenvalue weighted by Gasteiger charge is 2.22. The first-order chi connectivity index (χ1) is 12.2. The lowest BCUT2D eigenvalue weighted by Crippen LogP contribution is -2.48. The maximum atomic E-state index is 12.3. The summed E-state index contributed by atoms with van der Waals surface area (Å²) >= 11 is 9.33. The van der Waals surface area contributed by atoms with Crippen LogP contribution in [0.3, 0.4) is 0 Å². The molecule has 2 aromatic heterocycles. The van der Waals surface area contributed by atoms with E-state index in [2.05, 4.69) is 9.88 Å². The third kappa shape index (κ3) is 3.71. The summed E-state index contributed by atoms with van der Waals surface area (Å²) in [6.07, 6.45) is 3.55. The van der Waals surface area contributed by atoms with Crippen molar-refractivity contribution in [3.8, 4) is 0 Å². The minimum atomic E-state index is 0.0733. The van der Waals surface area contributed by atoms with Crippen molar-refractivity contribution >= 4 is 61.6 Å². The zero-order valence-electron chi connectivity index (χ0n) is 13.4. The van der Waals surface area contributed by atoms with Crippen LogP contribution in [0.4, 0.5) is 5.13 Å². The number of hydrogen-bond donors (Lipinski definition) is 0. The van der Waals surface area contributed by atoms with Gasteiger partial charge in [-0.25, -0.2) is 4.98 Å². The van der Waals surface area contributed by atoms with Crippen molar-refractivity contribution in [3.63, 3.8) is 0 Å². The highest BCUT2D eigenvalue weighted by atomic mass is 35.5. The molecular formula is C18H16ClN3OS2. The first kappa shape index (κ1) is 16.6. The number of carbonyl (C=O) groups is 1. The SMILES string of the molecule is O=C(C=Cc1cccs1)N1CCN(c2nc3ccc(Cl)cc3s2)CC1. The number of halogens is 1. The first-order valence-corrected chi connectivity index (χ1v) is 10.1. The van der Waals surface area contributed by atoms with Crippen LogP contribution in [0.2, 0.25) is 5.02 Å². The van der Waals surface area contributed by atoms with Gasteiger partial charge in [-0.2, -0.15) is 0 Å². The highest BCUT2D eigenvalue weighted by Crippen LogP contribution is 2.31. The van der Waals surface area contributed by atoms with Crippen LogP contribution in [-0.2, 0) is 4.79 Å². The Morgan fingerprint density at radius 2 is 2.04 bits per heavy atom. The van der Waals surface area contributed by atoms with E-state index in [4.69, 9.17) is 11.6 Å². The van der Waals surface area contributed by atoms with Crippen LogP contribution >= 0.6 is 34.3 Å². The lowest BCUT2D eigenvalue weighted by atomic mass is 10.3. The summed E-state index contributed by atoms with van der Waals surface area (Å²) in [4.78, 5) is 22.2. The molecule has 0 saturated carbocycles. The van der Waals surface area contributed by atoms with Crippen molar-refractivity contribution in [2.75, 3.05) is 31.1 Å². The summed E-state index contributed by atoms with van der Waals surface area (Å²) in [5, 5.41) is 3.74. The van der Waals surface area contributed by atoms with Gasteiger partial charge in [-0.05, 0) is 35.7 Å². The summed E-state index contributed by atoms with van der Waals surface area (Å²) in [5.74, 6) is 0.0733. The summed E-state index contributed by atoms with van der Waals surface area (Å²) in [6.45, 7) is 3.02. The third-order valence-corrected chi connectivity index (χ3v) is 6.29. The molecule has 3 heterocycles. The van der Waals surface area contributed by atoms with Crippen LogP contribution in [0, 0.1) is 0 Å². The number of amides is 1. The summed E-state index contributed by atoms with van der Waals surface area (Å²) in [6, 6.07) is 9.76. The largest absolute Gasteiger partial charge is 0.345 e. The number of hydrogen-bond acceptors (Lipinski definition) is 5. The normalized spacial score (nSPS) is 15.4. The third-order valence-electron chi connectivity index (χ3n) is 4.13. The molecule has 1 aliphatic heterocycles. The summed E-state index contributed by atoms with van der Waals surface area (Å²) < 4.78 is 1.10. The van der Waals surface area contributed by atoms with Crippen molar-refractivity contribution in [2.24, 2.45) is 0 Å². The van der Waals surface area contributed by atoms with Crippen LogP contribution in [-0.4, -0.2) is 42.0 Å². The molecule has 0 spiro atoms. The molecule has 1 fully saturated rings. The van der Waals surface area contributed by atoms with Crippen molar-refractivity contribution in [2.45, 2.75) is 0 Å². The van der Waals surface area contributed by atoms with Crippen LogP contribution in [0.25, 0.3) is 16.3 Å². The summed E-state index contributed by atoms with van der Waals surface area (Å²) in [5.41, 5.74) is 0.974. The number of piperazine rings is 1. The Kier molecular flexibility index (Phi) is 4.74. The Hall–Kier alpha value is -1.89. The molecule has 0 radical (unpaired) electrons. The standard InChI is InChI=1S/C18H16ClN3OS2/c19-13-3-5-15-16(12-13)25-18(20-15)22-9-7-21(8-10-22)17(23)6-4-14-2-1-11-24-14/h1-6,11-12H,7-10H2. The van der Waals surface area contributed by atoms with E-state index in [0.29, 0.717) is 13.1 Å². The number of nitrogens with zero attached hydrogens (tertiary/aromatic N) is 3. The van der Waals surface area contributed by atoms with Gasteiger partial charge in [0.2, 0.25) is 5.91 Å². The number of thiazole rings is 1. The predicted molar refractivity (Wildman–Crippen MR) is 107 cm³/mol. The number of thiophene rings is 1. The molecule has 1 saturated heterocycles. The van der Waals surface area contributed by atoms with Crippen LogP contribution in [0.15, 0.2) is 41.8 Å². The molecule has 25 heavy (non-hydrogen) atoms. The van der Waals surface area contributed by atoms with Gasteiger partial charge in [-0.1, -0.05) is 29.0 Å². The highest BCUT2D eigenvalue weighted by molar-refractivity contribution is 7.22. The lowest BCUT2D eigenvalue weighted by molar-refractivity contribution is -0.126. The maximum Gasteiger partial charge on any atom is 0.246 e. The number of benzene rings is 1. The lowest BCUT2D eigenvalue weighted by Gasteiger charge is -2.34. The van der Waals surface area contributed by atoms with E-state index in [-0.39, 0.29) is 5.91 Å². The molecule has 7 heteroatoms. The quantitative estimate of drug-likeness (QED) is 0.624. The smallest absolute Gasteiger partial charge is 0.246 e. The fourth-order valence-corrected chi connectivity index (χ4v) is 4.70. The minimum Gasteiger partial charge on any atom is -0.345 e. The van der Waals surface area contributed by atoms with Gasteiger partial charge in [0, 0.05) is 42.2 Å². The molecule has 1 aliphatic rings. The zero-order chi connectivity index (χ0) is 17.2. The molecule has 128 valence electrons.